The van der Waals surface area contributed by atoms with E-state index in [-0.39, 0.29) is 17.9 Å². The van der Waals surface area contributed by atoms with Gasteiger partial charge in [-0.3, -0.25) is 0 Å². The quantitative estimate of drug-likeness (QED) is 0.138. The summed E-state index contributed by atoms with van der Waals surface area (Å²) in [5.41, 5.74) is -0.234. The minimum absolute atomic E-state index is 0.0187. The lowest BCUT2D eigenvalue weighted by atomic mass is 10.0. The Morgan fingerprint density at radius 3 is 1.20 bits per heavy atom. The van der Waals surface area contributed by atoms with Gasteiger partial charge in [0.2, 0.25) is 6.93 Å². The van der Waals surface area contributed by atoms with Gasteiger partial charge in [0.25, 0.3) is 0 Å². The molecule has 0 spiro atoms. The summed E-state index contributed by atoms with van der Waals surface area (Å²) in [6.07, 6.45) is 0.0187. The number of esters is 2. The second kappa shape index (κ2) is 13.4. The van der Waals surface area contributed by atoms with Gasteiger partial charge in [-0.1, -0.05) is 12.1 Å². The first-order valence-electron chi connectivity index (χ1n) is 11.1. The van der Waals surface area contributed by atoms with E-state index in [2.05, 4.69) is 0 Å². The van der Waals surface area contributed by atoms with E-state index in [1.807, 2.05) is 0 Å². The lowest BCUT2D eigenvalue weighted by Crippen LogP contribution is -2.12. The molecule has 208 valence electrons. The Hall–Kier alpha value is -4.74. The first kappa shape index (κ1) is 29.8. The van der Waals surface area contributed by atoms with Crippen LogP contribution >= 0.6 is 0 Å². The predicted molar refractivity (Wildman–Crippen MR) is 125 cm³/mol. The van der Waals surface area contributed by atoms with Gasteiger partial charge in [0, 0.05) is 12.1 Å². The molecule has 0 saturated heterocycles. The first-order chi connectivity index (χ1) is 19.0. The zero-order valence-corrected chi connectivity index (χ0v) is 20.0. The van der Waals surface area contributed by atoms with Crippen molar-refractivity contribution in [2.75, 3.05) is 6.93 Å². The van der Waals surface area contributed by atoms with E-state index in [0.29, 0.717) is 23.3 Å². The molecule has 40 heavy (non-hydrogen) atoms. The van der Waals surface area contributed by atoms with E-state index in [1.54, 1.807) is 0 Å². The van der Waals surface area contributed by atoms with Crippen molar-refractivity contribution in [3.63, 3.8) is 0 Å². The maximum atomic E-state index is 14.5. The zero-order valence-electron chi connectivity index (χ0n) is 20.0. The van der Waals surface area contributed by atoms with Crippen LogP contribution in [0.15, 0.2) is 72.8 Å². The average molecular weight is 568 g/mol. The lowest BCUT2D eigenvalue weighted by Gasteiger charge is -2.09. The molecule has 4 aromatic rings. The maximum absolute atomic E-state index is 14.5. The van der Waals surface area contributed by atoms with Crippen molar-refractivity contribution >= 4 is 11.9 Å². The number of ether oxygens (including phenoxy) is 2. The third-order valence-electron chi connectivity index (χ3n) is 5.12. The molecule has 0 amide bonds. The Kier molecular flexibility index (Phi) is 9.96. The molecule has 0 bridgehead atoms. The average Bonchev–Trinajstić information content (AvgIpc) is 2.89. The minimum atomic E-state index is -1.75. The molecule has 0 aliphatic heterocycles. The Morgan fingerprint density at radius 1 is 0.500 bits per heavy atom. The first-order valence-corrected chi connectivity index (χ1v) is 11.1. The van der Waals surface area contributed by atoms with Crippen LogP contribution in [0.5, 0.6) is 11.5 Å². The highest BCUT2D eigenvalue weighted by molar-refractivity contribution is 5.92. The summed E-state index contributed by atoms with van der Waals surface area (Å²) in [6.45, 7) is -1.75. The normalized spacial score (nSPS) is 10.4. The molecule has 0 radical (unpaired) electrons. The number of alkyl halides is 2. The largest absolute Gasteiger partial charge is 0.423 e. The van der Waals surface area contributed by atoms with Gasteiger partial charge in [-0.25, -0.2) is 44.7 Å². The fourth-order valence-corrected chi connectivity index (χ4v) is 3.31. The van der Waals surface area contributed by atoms with Crippen molar-refractivity contribution in [2.45, 2.75) is 6.42 Å². The Balaban J connectivity index is 0.00000141. The van der Waals surface area contributed by atoms with Crippen LogP contribution < -0.4 is 9.47 Å². The SMILES string of the molecule is FCF.O=C(Oc1ccc(F)c(F)c1)c1ccc(Cc2ccc(C(=O)Oc3ccc(F)c(F)c3)c(F)c2)cc1F. The van der Waals surface area contributed by atoms with Crippen LogP contribution in [0, 0.1) is 34.9 Å². The van der Waals surface area contributed by atoms with Gasteiger partial charge in [-0.05, 0) is 66.1 Å². The summed E-state index contributed by atoms with van der Waals surface area (Å²) in [6, 6.07) is 11.9. The zero-order chi connectivity index (χ0) is 29.4. The summed E-state index contributed by atoms with van der Waals surface area (Å²) >= 11 is 0. The summed E-state index contributed by atoms with van der Waals surface area (Å²) in [5, 5.41) is 0. The molecule has 12 heteroatoms. The van der Waals surface area contributed by atoms with Gasteiger partial charge in [0.1, 0.15) is 23.1 Å². The predicted octanol–water partition coefficient (Wildman–Crippen LogP) is 7.43. The fraction of sp³-hybridized carbons (Fsp3) is 0.0714. The van der Waals surface area contributed by atoms with Crippen LogP contribution in [0.3, 0.4) is 0 Å². The van der Waals surface area contributed by atoms with Crippen molar-refractivity contribution in [1.29, 1.82) is 0 Å². The van der Waals surface area contributed by atoms with Crippen LogP contribution in [0.1, 0.15) is 31.8 Å². The van der Waals surface area contributed by atoms with Crippen LogP contribution in [-0.2, 0) is 6.42 Å². The Bertz CT molecular complexity index is 1430. The minimum Gasteiger partial charge on any atom is -0.423 e. The smallest absolute Gasteiger partial charge is 0.346 e. The molecule has 0 saturated carbocycles. The number of hydrogen-bond acceptors (Lipinski definition) is 4. The number of carbonyl (C=O) groups is 2. The van der Waals surface area contributed by atoms with Crippen molar-refractivity contribution in [2.24, 2.45) is 0 Å². The fourth-order valence-electron chi connectivity index (χ4n) is 3.31. The molecule has 0 fully saturated rings. The molecular weight excluding hydrogens is 552 g/mol. The van der Waals surface area contributed by atoms with E-state index in [0.717, 1.165) is 48.5 Å². The highest BCUT2D eigenvalue weighted by Gasteiger charge is 2.18. The van der Waals surface area contributed by atoms with Gasteiger partial charge < -0.3 is 9.47 Å². The summed E-state index contributed by atoms with van der Waals surface area (Å²) in [4.78, 5) is 24.4. The van der Waals surface area contributed by atoms with Crippen LogP contribution in [-0.4, -0.2) is 18.9 Å². The molecule has 0 N–H and O–H groups in total. The standard InChI is InChI=1S/C27H14F6O4.CH2F2/c28-20-7-3-16(12-24(20)32)36-26(34)18-5-1-14(10-22(18)30)9-15-2-6-19(23(31)11-15)27(35)37-17-4-8-21(29)25(33)13-17;2-1-3/h1-8,10-13H,9H2;1H2. The molecule has 0 heterocycles. The Labute approximate surface area is 221 Å². The lowest BCUT2D eigenvalue weighted by molar-refractivity contribution is 0.0719. The number of halogens is 8. The van der Waals surface area contributed by atoms with Crippen molar-refractivity contribution in [1.82, 2.24) is 0 Å². The topological polar surface area (TPSA) is 52.6 Å². The van der Waals surface area contributed by atoms with Crippen LogP contribution in [0.2, 0.25) is 0 Å². The van der Waals surface area contributed by atoms with Crippen LogP contribution in [0.25, 0.3) is 0 Å². The van der Waals surface area contributed by atoms with Gasteiger partial charge in [-0.15, -0.1) is 0 Å². The van der Waals surface area contributed by atoms with E-state index in [4.69, 9.17) is 9.47 Å². The second-order valence-electron chi connectivity index (χ2n) is 7.84. The number of rotatable bonds is 6. The van der Waals surface area contributed by atoms with E-state index >= 15 is 0 Å². The van der Waals surface area contributed by atoms with Gasteiger partial charge in [0.05, 0.1) is 11.1 Å². The van der Waals surface area contributed by atoms with Crippen molar-refractivity contribution in [3.05, 3.63) is 130 Å². The third kappa shape index (κ3) is 7.65. The molecular formula is C28H16F8O4. The van der Waals surface area contributed by atoms with Crippen molar-refractivity contribution in [3.8, 4) is 11.5 Å². The highest BCUT2D eigenvalue weighted by Crippen LogP contribution is 2.22. The van der Waals surface area contributed by atoms with Gasteiger partial charge >= 0.3 is 11.9 Å². The van der Waals surface area contributed by atoms with Gasteiger partial charge in [-0.2, -0.15) is 0 Å². The molecule has 4 nitrogen and oxygen atoms in total. The molecule has 0 aliphatic carbocycles. The second-order valence-corrected chi connectivity index (χ2v) is 7.84. The molecule has 0 aliphatic rings. The summed E-state index contributed by atoms with van der Waals surface area (Å²) < 4.78 is 111. The summed E-state index contributed by atoms with van der Waals surface area (Å²) in [5.74, 6) is -9.57. The molecule has 0 aromatic heterocycles. The van der Waals surface area contributed by atoms with E-state index in [1.165, 1.54) is 12.1 Å². The van der Waals surface area contributed by atoms with E-state index in [9.17, 15) is 44.7 Å². The summed E-state index contributed by atoms with van der Waals surface area (Å²) in [7, 11) is 0. The van der Waals surface area contributed by atoms with Crippen LogP contribution in [0.4, 0.5) is 35.1 Å². The molecule has 4 rings (SSSR count). The molecule has 0 unspecified atom stereocenters. The monoisotopic (exact) mass is 568 g/mol. The number of carbonyl (C=O) groups excluding carboxylic acids is 2. The van der Waals surface area contributed by atoms with Crippen molar-refractivity contribution < 1.29 is 54.2 Å². The maximum Gasteiger partial charge on any atom is 0.346 e. The number of benzene rings is 4. The highest BCUT2D eigenvalue weighted by atomic mass is 19.3. The van der Waals surface area contributed by atoms with E-state index < -0.39 is 64.9 Å². The Morgan fingerprint density at radius 2 is 0.875 bits per heavy atom. The van der Waals surface area contributed by atoms with Gasteiger partial charge in [0.15, 0.2) is 23.3 Å². The third-order valence-corrected chi connectivity index (χ3v) is 5.12. The molecule has 4 aromatic carbocycles. The number of hydrogen-bond donors (Lipinski definition) is 0. The molecule has 0 atom stereocenters.